The Morgan fingerprint density at radius 3 is 2.50 bits per heavy atom. The first kappa shape index (κ1) is 19.4. The van der Waals surface area contributed by atoms with Crippen molar-refractivity contribution >= 4 is 45.3 Å². The number of hydrogen-bond acceptors (Lipinski definition) is 6. The lowest BCUT2D eigenvalue weighted by Crippen LogP contribution is -2.36. The Bertz CT molecular complexity index is 933. The van der Waals surface area contributed by atoms with E-state index < -0.39 is 0 Å². The SMILES string of the molecule is CN(C)c1nc(NC2CCC(NCc3ccc(I)o3)CC2)nc2ccccc12. The van der Waals surface area contributed by atoms with E-state index in [4.69, 9.17) is 14.4 Å². The molecule has 0 atom stereocenters. The van der Waals surface area contributed by atoms with Crippen molar-refractivity contribution in [3.63, 3.8) is 0 Å². The lowest BCUT2D eigenvalue weighted by atomic mass is 9.91. The van der Waals surface area contributed by atoms with Gasteiger partial charge in [-0.1, -0.05) is 12.1 Å². The molecule has 6 nitrogen and oxygen atoms in total. The minimum Gasteiger partial charge on any atom is -0.454 e. The van der Waals surface area contributed by atoms with Gasteiger partial charge >= 0.3 is 0 Å². The summed E-state index contributed by atoms with van der Waals surface area (Å²) in [6.45, 7) is 0.797. The lowest BCUT2D eigenvalue weighted by Gasteiger charge is -2.30. The minimum atomic E-state index is 0.416. The zero-order chi connectivity index (χ0) is 19.5. The average molecular weight is 491 g/mol. The van der Waals surface area contributed by atoms with E-state index in [1.165, 1.54) is 0 Å². The van der Waals surface area contributed by atoms with Gasteiger partial charge in [0.1, 0.15) is 11.6 Å². The van der Waals surface area contributed by atoms with Crippen LogP contribution in [0.25, 0.3) is 10.9 Å². The van der Waals surface area contributed by atoms with Gasteiger partial charge in [-0.05, 0) is 72.5 Å². The van der Waals surface area contributed by atoms with E-state index in [1.807, 2.05) is 49.3 Å². The fraction of sp³-hybridized carbons (Fsp3) is 0.429. The van der Waals surface area contributed by atoms with Gasteiger partial charge in [-0.15, -0.1) is 0 Å². The van der Waals surface area contributed by atoms with Crippen molar-refractivity contribution in [2.45, 2.75) is 44.3 Å². The molecule has 1 aliphatic carbocycles. The van der Waals surface area contributed by atoms with Crippen molar-refractivity contribution in [2.75, 3.05) is 24.3 Å². The molecule has 4 rings (SSSR count). The van der Waals surface area contributed by atoms with Gasteiger partial charge in [-0.2, -0.15) is 4.98 Å². The molecule has 2 aromatic heterocycles. The number of fused-ring (bicyclic) bond motifs is 1. The molecule has 1 fully saturated rings. The number of benzene rings is 1. The van der Waals surface area contributed by atoms with E-state index in [9.17, 15) is 0 Å². The summed E-state index contributed by atoms with van der Waals surface area (Å²) in [6.07, 6.45) is 4.51. The van der Waals surface area contributed by atoms with Crippen LogP contribution >= 0.6 is 22.6 Å². The maximum absolute atomic E-state index is 5.63. The molecule has 148 valence electrons. The molecule has 1 saturated carbocycles. The van der Waals surface area contributed by atoms with Crippen LogP contribution < -0.4 is 15.5 Å². The van der Waals surface area contributed by atoms with E-state index in [0.717, 1.165) is 64.4 Å². The third kappa shape index (κ3) is 4.57. The summed E-state index contributed by atoms with van der Waals surface area (Å²) in [5, 5.41) is 8.27. The molecule has 28 heavy (non-hydrogen) atoms. The predicted octanol–water partition coefficient (Wildman–Crippen LogP) is 4.41. The number of anilines is 2. The number of nitrogens with zero attached hydrogens (tertiary/aromatic N) is 3. The van der Waals surface area contributed by atoms with Crippen LogP contribution in [0.15, 0.2) is 40.8 Å². The molecule has 2 N–H and O–H groups in total. The number of aromatic nitrogens is 2. The van der Waals surface area contributed by atoms with Gasteiger partial charge in [0.25, 0.3) is 0 Å². The number of hydrogen-bond donors (Lipinski definition) is 2. The van der Waals surface area contributed by atoms with Crippen molar-refractivity contribution in [3.05, 3.63) is 45.9 Å². The molecule has 0 amide bonds. The summed E-state index contributed by atoms with van der Waals surface area (Å²) in [6, 6.07) is 13.2. The summed E-state index contributed by atoms with van der Waals surface area (Å²) in [4.78, 5) is 11.5. The summed E-state index contributed by atoms with van der Waals surface area (Å²) >= 11 is 2.20. The van der Waals surface area contributed by atoms with Gasteiger partial charge in [0, 0.05) is 31.6 Å². The van der Waals surface area contributed by atoms with Gasteiger partial charge < -0.3 is 20.0 Å². The molecule has 0 unspecified atom stereocenters. The Morgan fingerprint density at radius 2 is 1.79 bits per heavy atom. The van der Waals surface area contributed by atoms with Gasteiger partial charge in [0.05, 0.1) is 12.1 Å². The fourth-order valence-corrected chi connectivity index (χ4v) is 4.24. The highest BCUT2D eigenvalue weighted by molar-refractivity contribution is 14.1. The highest BCUT2D eigenvalue weighted by atomic mass is 127. The first-order valence-corrected chi connectivity index (χ1v) is 10.8. The highest BCUT2D eigenvalue weighted by Crippen LogP contribution is 2.26. The molecule has 0 radical (unpaired) electrons. The summed E-state index contributed by atoms with van der Waals surface area (Å²) in [5.41, 5.74) is 0.979. The number of rotatable bonds is 6. The maximum Gasteiger partial charge on any atom is 0.225 e. The van der Waals surface area contributed by atoms with Crippen molar-refractivity contribution in [1.82, 2.24) is 15.3 Å². The second-order valence-electron chi connectivity index (χ2n) is 7.56. The Morgan fingerprint density at radius 1 is 1.04 bits per heavy atom. The van der Waals surface area contributed by atoms with Crippen LogP contribution in [0.2, 0.25) is 0 Å². The summed E-state index contributed by atoms with van der Waals surface area (Å²) in [7, 11) is 4.05. The molecule has 7 heteroatoms. The van der Waals surface area contributed by atoms with Crippen LogP contribution in [-0.2, 0) is 6.54 Å². The van der Waals surface area contributed by atoms with Crippen LogP contribution in [0, 0.1) is 3.77 Å². The second kappa shape index (κ2) is 8.65. The molecule has 0 aliphatic heterocycles. The average Bonchev–Trinajstić information content (AvgIpc) is 3.12. The number of furan rings is 1. The van der Waals surface area contributed by atoms with Crippen LogP contribution in [-0.4, -0.2) is 36.1 Å². The molecule has 1 aliphatic rings. The number of halogens is 1. The molecule has 0 saturated heterocycles. The zero-order valence-electron chi connectivity index (χ0n) is 16.3. The Labute approximate surface area is 179 Å². The normalized spacial score (nSPS) is 19.7. The van der Waals surface area contributed by atoms with Crippen LogP contribution in [0.4, 0.5) is 11.8 Å². The van der Waals surface area contributed by atoms with Crippen LogP contribution in [0.1, 0.15) is 31.4 Å². The van der Waals surface area contributed by atoms with E-state index >= 15 is 0 Å². The first-order valence-electron chi connectivity index (χ1n) is 9.77. The van der Waals surface area contributed by atoms with Crippen molar-refractivity contribution in [1.29, 1.82) is 0 Å². The molecular formula is C21H26IN5O. The van der Waals surface area contributed by atoms with Crippen molar-refractivity contribution in [3.8, 4) is 0 Å². The van der Waals surface area contributed by atoms with Gasteiger partial charge in [0.15, 0.2) is 3.77 Å². The predicted molar refractivity (Wildman–Crippen MR) is 122 cm³/mol. The molecule has 0 bridgehead atoms. The summed E-state index contributed by atoms with van der Waals surface area (Å²) < 4.78 is 6.57. The largest absolute Gasteiger partial charge is 0.454 e. The fourth-order valence-electron chi connectivity index (χ4n) is 3.78. The highest BCUT2D eigenvalue weighted by Gasteiger charge is 2.22. The summed E-state index contributed by atoms with van der Waals surface area (Å²) in [5.74, 6) is 2.69. The monoisotopic (exact) mass is 491 g/mol. The van der Waals surface area contributed by atoms with E-state index in [2.05, 4.69) is 39.3 Å². The first-order chi connectivity index (χ1) is 13.6. The Balaban J connectivity index is 1.35. The van der Waals surface area contributed by atoms with Crippen molar-refractivity contribution in [2.24, 2.45) is 0 Å². The number of nitrogens with one attached hydrogen (secondary N) is 2. The van der Waals surface area contributed by atoms with E-state index in [-0.39, 0.29) is 0 Å². The molecular weight excluding hydrogens is 465 g/mol. The van der Waals surface area contributed by atoms with E-state index in [1.54, 1.807) is 0 Å². The molecule has 0 spiro atoms. The quantitative estimate of drug-likeness (QED) is 0.499. The Hall–Kier alpha value is -1.87. The third-order valence-electron chi connectivity index (χ3n) is 5.26. The standard InChI is InChI=1S/C21H26IN5O/c1-27(2)20-17-5-3-4-6-18(17)25-21(26-20)24-15-9-7-14(8-10-15)23-13-16-11-12-19(22)28-16/h3-6,11-12,14-15,23H,7-10,13H2,1-2H3,(H,24,25,26). The second-order valence-corrected chi connectivity index (χ2v) is 8.63. The lowest BCUT2D eigenvalue weighted by molar-refractivity contribution is 0.338. The third-order valence-corrected chi connectivity index (χ3v) is 5.84. The zero-order valence-corrected chi connectivity index (χ0v) is 18.4. The maximum atomic E-state index is 5.63. The van der Waals surface area contributed by atoms with Crippen LogP contribution in [0.5, 0.6) is 0 Å². The molecule has 3 aromatic rings. The molecule has 2 heterocycles. The van der Waals surface area contributed by atoms with Crippen LogP contribution in [0.3, 0.4) is 0 Å². The number of para-hydroxylation sites is 1. The smallest absolute Gasteiger partial charge is 0.225 e. The van der Waals surface area contributed by atoms with Gasteiger partial charge in [0.2, 0.25) is 5.95 Å². The molecule has 1 aromatic carbocycles. The topological polar surface area (TPSA) is 66.2 Å². The van der Waals surface area contributed by atoms with Gasteiger partial charge in [-0.25, -0.2) is 4.98 Å². The van der Waals surface area contributed by atoms with Gasteiger partial charge in [-0.3, -0.25) is 0 Å². The Kier molecular flexibility index (Phi) is 6.01. The van der Waals surface area contributed by atoms with E-state index in [0.29, 0.717) is 12.1 Å². The minimum absolute atomic E-state index is 0.416. The van der Waals surface area contributed by atoms with Crippen molar-refractivity contribution < 1.29 is 4.42 Å².